The Morgan fingerprint density at radius 3 is 2.80 bits per heavy atom. The van der Waals surface area contributed by atoms with Crippen LogP contribution in [0.4, 0.5) is 4.39 Å². The van der Waals surface area contributed by atoms with E-state index in [4.69, 9.17) is 5.11 Å². The maximum atomic E-state index is 13.2. The van der Waals surface area contributed by atoms with E-state index in [9.17, 15) is 18.8 Å². The van der Waals surface area contributed by atoms with Crippen molar-refractivity contribution < 1.29 is 23.9 Å². The fraction of sp³-hybridized carbons (Fsp3) is 0.526. The predicted octanol–water partition coefficient (Wildman–Crippen LogP) is 3.14. The molecule has 0 spiro atoms. The van der Waals surface area contributed by atoms with Gasteiger partial charge in [-0.25, -0.2) is 4.39 Å². The number of benzene rings is 1. The number of carboxylic acids is 1. The molecule has 0 aliphatic carbocycles. The lowest BCUT2D eigenvalue weighted by atomic mass is 9.91. The summed E-state index contributed by atoms with van der Waals surface area (Å²) < 4.78 is 13.2. The molecule has 25 heavy (non-hydrogen) atoms. The van der Waals surface area contributed by atoms with E-state index < -0.39 is 17.7 Å². The van der Waals surface area contributed by atoms with Gasteiger partial charge in [0.05, 0.1) is 0 Å². The topological polar surface area (TPSA) is 74.7 Å². The third-order valence-electron chi connectivity index (χ3n) is 4.68. The van der Waals surface area contributed by atoms with Gasteiger partial charge < -0.3 is 10.0 Å². The van der Waals surface area contributed by atoms with Gasteiger partial charge in [-0.05, 0) is 37.3 Å². The van der Waals surface area contributed by atoms with Gasteiger partial charge in [-0.2, -0.15) is 0 Å². The number of hydrogen-bond acceptors (Lipinski definition) is 3. The van der Waals surface area contributed by atoms with Gasteiger partial charge in [-0.3, -0.25) is 14.4 Å². The van der Waals surface area contributed by atoms with Crippen LogP contribution >= 0.6 is 0 Å². The van der Waals surface area contributed by atoms with Crippen LogP contribution < -0.4 is 0 Å². The number of amides is 1. The molecule has 1 heterocycles. The zero-order valence-corrected chi connectivity index (χ0v) is 14.4. The number of Topliss-reactive ketones (excluding diaryl/α,β-unsaturated/α-hetero) is 1. The molecule has 1 aromatic carbocycles. The molecule has 1 N–H and O–H groups in total. The minimum atomic E-state index is -0.822. The van der Waals surface area contributed by atoms with Crippen LogP contribution in [-0.4, -0.2) is 40.8 Å². The Hall–Kier alpha value is -2.24. The summed E-state index contributed by atoms with van der Waals surface area (Å²) in [6.07, 6.45) is 2.54. The standard InChI is InChI=1S/C19H24FNO4/c1-13(19(25)15-5-2-6-16(20)11-15)10-17(22)21-9-3-4-14(12-21)7-8-18(23)24/h2,5-6,11,13-14H,3-4,7-10,12H2,1H3,(H,23,24). The molecule has 0 aromatic heterocycles. The monoisotopic (exact) mass is 349 g/mol. The summed E-state index contributed by atoms with van der Waals surface area (Å²) in [5, 5.41) is 8.78. The Morgan fingerprint density at radius 2 is 2.12 bits per heavy atom. The maximum Gasteiger partial charge on any atom is 0.303 e. The first-order valence-electron chi connectivity index (χ1n) is 8.66. The van der Waals surface area contributed by atoms with E-state index in [2.05, 4.69) is 0 Å². The zero-order valence-electron chi connectivity index (χ0n) is 14.4. The average molecular weight is 349 g/mol. The van der Waals surface area contributed by atoms with E-state index in [0.717, 1.165) is 12.8 Å². The molecule has 0 radical (unpaired) electrons. The van der Waals surface area contributed by atoms with Crippen LogP contribution in [0.1, 0.15) is 49.4 Å². The molecule has 0 saturated carbocycles. The molecule has 2 rings (SSSR count). The van der Waals surface area contributed by atoms with Gasteiger partial charge in [-0.15, -0.1) is 0 Å². The summed E-state index contributed by atoms with van der Waals surface area (Å²) in [4.78, 5) is 37.3. The first kappa shape index (κ1) is 19.1. The number of ketones is 1. The van der Waals surface area contributed by atoms with Crippen LogP contribution in [0.15, 0.2) is 24.3 Å². The molecule has 1 saturated heterocycles. The van der Waals surface area contributed by atoms with E-state index in [0.29, 0.717) is 19.5 Å². The van der Waals surface area contributed by atoms with Gasteiger partial charge >= 0.3 is 5.97 Å². The normalized spacial score (nSPS) is 18.6. The lowest BCUT2D eigenvalue weighted by Gasteiger charge is -2.33. The first-order chi connectivity index (χ1) is 11.9. The molecule has 1 fully saturated rings. The van der Waals surface area contributed by atoms with Crippen LogP contribution in [0, 0.1) is 17.7 Å². The van der Waals surface area contributed by atoms with Gasteiger partial charge in [-0.1, -0.05) is 19.1 Å². The molecule has 136 valence electrons. The minimum Gasteiger partial charge on any atom is -0.481 e. The first-order valence-corrected chi connectivity index (χ1v) is 8.66. The Balaban J connectivity index is 1.89. The quantitative estimate of drug-likeness (QED) is 0.768. The van der Waals surface area contributed by atoms with Crippen LogP contribution in [0.5, 0.6) is 0 Å². The van der Waals surface area contributed by atoms with Crippen molar-refractivity contribution in [3.05, 3.63) is 35.6 Å². The Bertz CT molecular complexity index is 646. The molecule has 1 aromatic rings. The Morgan fingerprint density at radius 1 is 1.36 bits per heavy atom. The van der Waals surface area contributed by atoms with Crippen molar-refractivity contribution in [2.45, 2.75) is 39.0 Å². The number of nitrogens with zero attached hydrogens (tertiary/aromatic N) is 1. The number of carbonyl (C=O) groups excluding carboxylic acids is 2. The van der Waals surface area contributed by atoms with Crippen LogP contribution in [0.2, 0.25) is 0 Å². The fourth-order valence-electron chi connectivity index (χ4n) is 3.26. The molecular formula is C19H24FNO4. The molecule has 2 unspecified atom stereocenters. The number of halogens is 1. The maximum absolute atomic E-state index is 13.2. The average Bonchev–Trinajstić information content (AvgIpc) is 2.59. The largest absolute Gasteiger partial charge is 0.481 e. The van der Waals surface area contributed by atoms with Crippen molar-refractivity contribution in [1.82, 2.24) is 4.90 Å². The summed E-state index contributed by atoms with van der Waals surface area (Å²) in [5.41, 5.74) is 0.276. The predicted molar refractivity (Wildman–Crippen MR) is 90.7 cm³/mol. The van der Waals surface area contributed by atoms with Gasteiger partial charge in [0.1, 0.15) is 5.82 Å². The smallest absolute Gasteiger partial charge is 0.303 e. The number of rotatable bonds is 7. The molecule has 5 nitrogen and oxygen atoms in total. The highest BCUT2D eigenvalue weighted by Crippen LogP contribution is 2.23. The third-order valence-corrected chi connectivity index (χ3v) is 4.68. The van der Waals surface area contributed by atoms with Gasteiger partial charge in [0.15, 0.2) is 5.78 Å². The van der Waals surface area contributed by atoms with E-state index in [-0.39, 0.29) is 36.0 Å². The lowest BCUT2D eigenvalue weighted by Crippen LogP contribution is -2.41. The Kier molecular flexibility index (Phi) is 6.67. The van der Waals surface area contributed by atoms with Crippen molar-refractivity contribution in [3.8, 4) is 0 Å². The highest BCUT2D eigenvalue weighted by molar-refractivity contribution is 5.99. The van der Waals surface area contributed by atoms with Crippen molar-refractivity contribution in [2.24, 2.45) is 11.8 Å². The molecule has 1 amide bonds. The number of carbonyl (C=O) groups is 3. The molecule has 0 bridgehead atoms. The number of carboxylic acid groups (broad SMARTS) is 1. The van der Waals surface area contributed by atoms with Gasteiger partial charge in [0, 0.05) is 37.4 Å². The highest BCUT2D eigenvalue weighted by Gasteiger charge is 2.27. The van der Waals surface area contributed by atoms with Gasteiger partial charge in [0.2, 0.25) is 5.91 Å². The minimum absolute atomic E-state index is 0.0843. The second-order valence-corrected chi connectivity index (χ2v) is 6.76. The van der Waals surface area contributed by atoms with Crippen LogP contribution in [0.3, 0.4) is 0 Å². The van der Waals surface area contributed by atoms with Crippen molar-refractivity contribution in [1.29, 1.82) is 0 Å². The van der Waals surface area contributed by atoms with Crippen LogP contribution in [0.25, 0.3) is 0 Å². The summed E-state index contributed by atoms with van der Waals surface area (Å²) in [7, 11) is 0. The molecular weight excluding hydrogens is 325 g/mol. The number of likely N-dealkylation sites (tertiary alicyclic amines) is 1. The lowest BCUT2D eigenvalue weighted by molar-refractivity contribution is -0.137. The molecule has 1 aliphatic heterocycles. The van der Waals surface area contributed by atoms with E-state index in [1.807, 2.05) is 0 Å². The van der Waals surface area contributed by atoms with Crippen molar-refractivity contribution in [3.63, 3.8) is 0 Å². The van der Waals surface area contributed by atoms with E-state index in [1.54, 1.807) is 17.9 Å². The molecule has 6 heteroatoms. The SMILES string of the molecule is CC(CC(=O)N1CCCC(CCC(=O)O)C1)C(=O)c1cccc(F)c1. The zero-order chi connectivity index (χ0) is 18.4. The third kappa shape index (κ3) is 5.66. The molecule has 2 atom stereocenters. The van der Waals surface area contributed by atoms with Gasteiger partial charge in [0.25, 0.3) is 0 Å². The van der Waals surface area contributed by atoms with Crippen molar-refractivity contribution in [2.75, 3.05) is 13.1 Å². The number of hydrogen-bond donors (Lipinski definition) is 1. The fourth-order valence-corrected chi connectivity index (χ4v) is 3.26. The summed E-state index contributed by atoms with van der Waals surface area (Å²) >= 11 is 0. The summed E-state index contributed by atoms with van der Waals surface area (Å²) in [6, 6.07) is 5.49. The number of piperidine rings is 1. The summed E-state index contributed by atoms with van der Waals surface area (Å²) in [5.74, 6) is -1.96. The second kappa shape index (κ2) is 8.74. The van der Waals surface area contributed by atoms with Crippen molar-refractivity contribution >= 4 is 17.7 Å². The van der Waals surface area contributed by atoms with E-state index >= 15 is 0 Å². The second-order valence-electron chi connectivity index (χ2n) is 6.76. The summed E-state index contributed by atoms with van der Waals surface area (Å²) in [6.45, 7) is 2.87. The van der Waals surface area contributed by atoms with Crippen LogP contribution in [-0.2, 0) is 9.59 Å². The van der Waals surface area contributed by atoms with E-state index in [1.165, 1.54) is 18.2 Å². The highest BCUT2D eigenvalue weighted by atomic mass is 19.1. The number of aliphatic carboxylic acids is 1. The Labute approximate surface area is 146 Å². The molecule has 1 aliphatic rings.